The average molecular weight is 402 g/mol. The number of nitrogens with one attached hydrogen (secondary N) is 2. The molecule has 0 saturated heterocycles. The molecular weight excluding hydrogens is 385 g/mol. The number of aryl methyl sites for hydroxylation is 2. The van der Waals surface area contributed by atoms with Crippen molar-refractivity contribution >= 4 is 23.1 Å². The number of hydrogen-bond donors (Lipinski definition) is 2. The lowest BCUT2D eigenvalue weighted by atomic mass is 10.1. The van der Waals surface area contributed by atoms with E-state index in [1.807, 2.05) is 19.9 Å². The normalized spacial score (nSPS) is 12.7. The summed E-state index contributed by atoms with van der Waals surface area (Å²) in [5.74, 6) is 0.818. The van der Waals surface area contributed by atoms with Crippen molar-refractivity contribution in [3.8, 4) is 11.5 Å². The number of ether oxygens (including phenoxy) is 2. The number of rotatable bonds is 4. The van der Waals surface area contributed by atoms with Crippen molar-refractivity contribution < 1.29 is 22.6 Å². The lowest BCUT2D eigenvalue weighted by Gasteiger charge is -2.15. The fourth-order valence-electron chi connectivity index (χ4n) is 2.80. The van der Waals surface area contributed by atoms with Crippen molar-refractivity contribution in [2.75, 3.05) is 17.4 Å². The third kappa shape index (κ3) is 4.03. The maximum atomic E-state index is 13.4. The van der Waals surface area contributed by atoms with E-state index in [1.54, 1.807) is 30.3 Å². The highest BCUT2D eigenvalue weighted by atomic mass is 19.4. The minimum atomic E-state index is -4.60. The van der Waals surface area contributed by atoms with Gasteiger partial charge in [-0.3, -0.25) is 0 Å². The number of halogens is 3. The first kappa shape index (κ1) is 18.9. The van der Waals surface area contributed by atoms with Gasteiger partial charge >= 0.3 is 6.18 Å². The average Bonchev–Trinajstić information content (AvgIpc) is 3.12. The summed E-state index contributed by atoms with van der Waals surface area (Å²) in [6, 6.07) is 10.4. The van der Waals surface area contributed by atoms with E-state index in [0.29, 0.717) is 22.9 Å². The fraction of sp³-hybridized carbons (Fsp3) is 0.200. The van der Waals surface area contributed by atoms with Crippen molar-refractivity contribution in [1.29, 1.82) is 0 Å². The van der Waals surface area contributed by atoms with Crippen LogP contribution in [0.15, 0.2) is 42.6 Å². The molecule has 150 valence electrons. The van der Waals surface area contributed by atoms with E-state index >= 15 is 0 Å². The second kappa shape index (κ2) is 7.16. The summed E-state index contributed by atoms with van der Waals surface area (Å²) in [5.41, 5.74) is 2.11. The molecule has 1 aliphatic rings. The highest BCUT2D eigenvalue weighted by Gasteiger charge is 2.35. The molecule has 2 heterocycles. The van der Waals surface area contributed by atoms with Crippen LogP contribution >= 0.6 is 0 Å². The largest absolute Gasteiger partial charge is 0.454 e. The molecule has 0 saturated carbocycles. The van der Waals surface area contributed by atoms with Crippen LogP contribution in [0.3, 0.4) is 0 Å². The lowest BCUT2D eigenvalue weighted by Crippen LogP contribution is -2.12. The third-order valence-electron chi connectivity index (χ3n) is 4.49. The van der Waals surface area contributed by atoms with Gasteiger partial charge in [-0.15, -0.1) is 0 Å². The number of aromatic nitrogens is 2. The Morgan fingerprint density at radius 1 is 0.897 bits per heavy atom. The number of nitrogens with zero attached hydrogens (tertiary/aromatic N) is 2. The van der Waals surface area contributed by atoms with Crippen molar-refractivity contribution in [3.63, 3.8) is 0 Å². The summed E-state index contributed by atoms with van der Waals surface area (Å²) in [6.07, 6.45) is -3.84. The molecule has 0 spiro atoms. The van der Waals surface area contributed by atoms with E-state index in [0.717, 1.165) is 17.3 Å². The molecule has 0 unspecified atom stereocenters. The van der Waals surface area contributed by atoms with Crippen LogP contribution in [-0.4, -0.2) is 16.8 Å². The van der Waals surface area contributed by atoms with E-state index in [9.17, 15) is 13.2 Å². The second-order valence-corrected chi connectivity index (χ2v) is 6.57. The van der Waals surface area contributed by atoms with Gasteiger partial charge in [-0.2, -0.15) is 18.2 Å². The topological polar surface area (TPSA) is 68.3 Å². The molecule has 0 fully saturated rings. The molecule has 1 aliphatic heterocycles. The Kier molecular flexibility index (Phi) is 4.65. The maximum Gasteiger partial charge on any atom is 0.421 e. The Bertz CT molecular complexity index is 1070. The van der Waals surface area contributed by atoms with Gasteiger partial charge in [-0.1, -0.05) is 6.07 Å². The van der Waals surface area contributed by atoms with Crippen LogP contribution in [0, 0.1) is 13.8 Å². The van der Waals surface area contributed by atoms with Gasteiger partial charge < -0.3 is 20.1 Å². The Labute approximate surface area is 164 Å². The third-order valence-corrected chi connectivity index (χ3v) is 4.49. The zero-order valence-electron chi connectivity index (χ0n) is 15.6. The van der Waals surface area contributed by atoms with Gasteiger partial charge in [0.25, 0.3) is 0 Å². The molecule has 0 radical (unpaired) electrons. The van der Waals surface area contributed by atoms with Gasteiger partial charge in [0.1, 0.15) is 11.4 Å². The first-order valence-corrected chi connectivity index (χ1v) is 8.75. The van der Waals surface area contributed by atoms with Crippen molar-refractivity contribution in [3.05, 3.63) is 59.3 Å². The number of alkyl halides is 3. The van der Waals surface area contributed by atoms with Gasteiger partial charge in [0.15, 0.2) is 11.5 Å². The number of fused-ring (bicyclic) bond motifs is 1. The van der Waals surface area contributed by atoms with E-state index in [2.05, 4.69) is 20.6 Å². The molecular formula is C20H17F3N4O2. The standard InChI is InChI=1S/C20H17F3N4O2/c1-11-3-4-13(7-12(11)2)25-18-15(20(21,22)23)9-24-19(27-18)26-14-5-6-16-17(8-14)29-10-28-16/h3-9H,10H2,1-2H3,(H2,24,25,26,27). The molecule has 0 atom stereocenters. The summed E-state index contributed by atoms with van der Waals surface area (Å²) in [4.78, 5) is 7.86. The quantitative estimate of drug-likeness (QED) is 0.615. The van der Waals surface area contributed by atoms with Gasteiger partial charge in [0.2, 0.25) is 12.7 Å². The predicted molar refractivity (Wildman–Crippen MR) is 102 cm³/mol. The zero-order valence-corrected chi connectivity index (χ0v) is 15.6. The maximum absolute atomic E-state index is 13.4. The first-order valence-electron chi connectivity index (χ1n) is 8.75. The summed E-state index contributed by atoms with van der Waals surface area (Å²) in [5, 5.41) is 5.65. The zero-order chi connectivity index (χ0) is 20.6. The molecule has 6 nitrogen and oxygen atoms in total. The molecule has 29 heavy (non-hydrogen) atoms. The van der Waals surface area contributed by atoms with E-state index < -0.39 is 11.7 Å². The predicted octanol–water partition coefficient (Wildman–Crippen LogP) is 5.33. The van der Waals surface area contributed by atoms with Crippen LogP contribution in [-0.2, 0) is 6.18 Å². The van der Waals surface area contributed by atoms with Crippen LogP contribution in [0.5, 0.6) is 11.5 Å². The highest BCUT2D eigenvalue weighted by molar-refractivity contribution is 5.65. The monoisotopic (exact) mass is 402 g/mol. The molecule has 3 aromatic rings. The number of benzene rings is 2. The Morgan fingerprint density at radius 3 is 2.38 bits per heavy atom. The van der Waals surface area contributed by atoms with Gasteiger partial charge in [0.05, 0.1) is 0 Å². The summed E-state index contributed by atoms with van der Waals surface area (Å²) >= 11 is 0. The second-order valence-electron chi connectivity index (χ2n) is 6.57. The van der Waals surface area contributed by atoms with Crippen molar-refractivity contribution in [1.82, 2.24) is 9.97 Å². The molecule has 4 rings (SSSR count). The van der Waals surface area contributed by atoms with Crippen molar-refractivity contribution in [2.24, 2.45) is 0 Å². The van der Waals surface area contributed by atoms with E-state index in [4.69, 9.17) is 9.47 Å². The minimum Gasteiger partial charge on any atom is -0.454 e. The summed E-state index contributed by atoms with van der Waals surface area (Å²) in [7, 11) is 0. The molecule has 9 heteroatoms. The van der Waals surface area contributed by atoms with Gasteiger partial charge in [-0.05, 0) is 49.2 Å². The van der Waals surface area contributed by atoms with E-state index in [-0.39, 0.29) is 18.6 Å². The first-order chi connectivity index (χ1) is 13.8. The molecule has 0 bridgehead atoms. The summed E-state index contributed by atoms with van der Waals surface area (Å²) < 4.78 is 50.8. The van der Waals surface area contributed by atoms with Crippen molar-refractivity contribution in [2.45, 2.75) is 20.0 Å². The number of hydrogen-bond acceptors (Lipinski definition) is 6. The molecule has 2 N–H and O–H groups in total. The molecule has 2 aromatic carbocycles. The molecule has 0 amide bonds. The fourth-order valence-corrected chi connectivity index (χ4v) is 2.80. The minimum absolute atomic E-state index is 0.0169. The van der Waals surface area contributed by atoms with E-state index in [1.165, 1.54) is 0 Å². The van der Waals surface area contributed by atoms with Crippen LogP contribution < -0.4 is 20.1 Å². The Morgan fingerprint density at radius 2 is 1.62 bits per heavy atom. The molecule has 0 aliphatic carbocycles. The Balaban J connectivity index is 1.65. The van der Waals surface area contributed by atoms with Crippen LogP contribution in [0.25, 0.3) is 0 Å². The Hall–Kier alpha value is -3.49. The van der Waals surface area contributed by atoms with Crippen LogP contribution in [0.2, 0.25) is 0 Å². The SMILES string of the molecule is Cc1ccc(Nc2nc(Nc3ccc4c(c3)OCO4)ncc2C(F)(F)F)cc1C. The van der Waals surface area contributed by atoms with Gasteiger partial charge in [0, 0.05) is 23.6 Å². The number of anilines is 4. The molecule has 1 aromatic heterocycles. The highest BCUT2D eigenvalue weighted by Crippen LogP contribution is 2.37. The smallest absolute Gasteiger partial charge is 0.421 e. The lowest BCUT2D eigenvalue weighted by molar-refractivity contribution is -0.137. The summed E-state index contributed by atoms with van der Waals surface area (Å²) in [6.45, 7) is 3.94. The van der Waals surface area contributed by atoms with Crippen LogP contribution in [0.1, 0.15) is 16.7 Å². The van der Waals surface area contributed by atoms with Crippen LogP contribution in [0.4, 0.5) is 36.3 Å². The van der Waals surface area contributed by atoms with Gasteiger partial charge in [-0.25, -0.2) is 4.98 Å².